The first-order valence-corrected chi connectivity index (χ1v) is 8.14. The van der Waals surface area contributed by atoms with Gasteiger partial charge in [0.25, 0.3) is 0 Å². The second-order valence-electron chi connectivity index (χ2n) is 5.14. The molecule has 0 fully saturated rings. The van der Waals surface area contributed by atoms with Crippen molar-refractivity contribution in [2.75, 3.05) is 6.61 Å². The number of unbranched alkanes of at least 4 members (excludes halogenated alkanes) is 6. The Hall–Kier alpha value is -0.780. The van der Waals surface area contributed by atoms with Crippen molar-refractivity contribution in [3.8, 4) is 5.75 Å². The first-order chi connectivity index (χ1) is 10.6. The van der Waals surface area contributed by atoms with Crippen LogP contribution in [-0.2, 0) is 6.42 Å². The molecule has 23 heavy (non-hydrogen) atoms. The predicted octanol–water partition coefficient (Wildman–Crippen LogP) is 2.14. The topological polar surface area (TPSA) is 75.4 Å². The fraction of sp³-hybridized carbons (Fsp3) is 0.647. The normalized spacial score (nSPS) is 9.30. The van der Waals surface area contributed by atoms with Crippen LogP contribution in [0.2, 0.25) is 0 Å². The molecular weight excluding hydrogens is 305 g/mol. The average molecular weight is 333 g/mol. The van der Waals surface area contributed by atoms with Crippen molar-refractivity contribution in [2.24, 2.45) is 0 Å². The maximum atomic E-state index is 8.25. The van der Waals surface area contributed by atoms with E-state index in [1.807, 2.05) is 6.92 Å². The van der Waals surface area contributed by atoms with Gasteiger partial charge in [-0.25, -0.2) is 0 Å². The van der Waals surface area contributed by atoms with Gasteiger partial charge in [-0.15, -0.1) is 0 Å². The molecule has 0 bridgehead atoms. The number of rotatable bonds is 10. The molecule has 6 heteroatoms. The van der Waals surface area contributed by atoms with Gasteiger partial charge in [0.05, 0.1) is 11.7 Å². The second kappa shape index (κ2) is 17.6. The van der Waals surface area contributed by atoms with Crippen LogP contribution < -0.4 is 34.3 Å². The molecule has 0 aliphatic rings. The van der Waals surface area contributed by atoms with Gasteiger partial charge in [0.15, 0.2) is 0 Å². The standard InChI is InChI=1S/C17H28O.NO3.Na/c1-3-5-6-7-8-9-10-13-16-14-11-12-15-17(16)18-4-2;2-1(3)4;/h11-12,14-15H,3-10,13H2,1-2H3;;/q;-1;+1. The smallest absolute Gasteiger partial charge is 0.494 e. The van der Waals surface area contributed by atoms with Crippen molar-refractivity contribution >= 4 is 0 Å². The van der Waals surface area contributed by atoms with Crippen molar-refractivity contribution in [3.05, 3.63) is 45.2 Å². The summed E-state index contributed by atoms with van der Waals surface area (Å²) in [4.78, 5) is 8.25. The fourth-order valence-electron chi connectivity index (χ4n) is 2.28. The molecule has 0 aliphatic heterocycles. The van der Waals surface area contributed by atoms with Crippen molar-refractivity contribution in [1.29, 1.82) is 0 Å². The Morgan fingerprint density at radius 2 is 1.48 bits per heavy atom. The third kappa shape index (κ3) is 15.9. The van der Waals surface area contributed by atoms with Gasteiger partial charge in [0.2, 0.25) is 0 Å². The van der Waals surface area contributed by atoms with E-state index < -0.39 is 5.09 Å². The Bertz CT molecular complexity index is 398. The van der Waals surface area contributed by atoms with Gasteiger partial charge in [-0.3, -0.25) is 0 Å². The summed E-state index contributed by atoms with van der Waals surface area (Å²) in [6.07, 6.45) is 10.7. The van der Waals surface area contributed by atoms with Crippen molar-refractivity contribution in [3.63, 3.8) is 0 Å². The van der Waals surface area contributed by atoms with Crippen LogP contribution >= 0.6 is 0 Å². The number of nitrogens with zero attached hydrogens (tertiary/aromatic N) is 1. The van der Waals surface area contributed by atoms with E-state index in [2.05, 4.69) is 31.2 Å². The number of hydrogen-bond donors (Lipinski definition) is 0. The maximum absolute atomic E-state index is 8.25. The molecule has 0 heterocycles. The maximum Gasteiger partial charge on any atom is 1.00 e. The van der Waals surface area contributed by atoms with Crippen LogP contribution in [0.3, 0.4) is 0 Å². The van der Waals surface area contributed by atoms with Crippen LogP contribution in [0, 0.1) is 15.3 Å². The zero-order chi connectivity index (χ0) is 16.6. The summed E-state index contributed by atoms with van der Waals surface area (Å²) in [6, 6.07) is 8.44. The fourth-order valence-corrected chi connectivity index (χ4v) is 2.28. The summed E-state index contributed by atoms with van der Waals surface area (Å²) in [5, 5.41) is 14.8. The predicted molar refractivity (Wildman–Crippen MR) is 89.7 cm³/mol. The molecule has 0 N–H and O–H groups in total. The molecule has 1 rings (SSSR count). The van der Waals surface area contributed by atoms with Crippen molar-refractivity contribution in [1.82, 2.24) is 0 Å². The first-order valence-electron chi connectivity index (χ1n) is 8.14. The molecule has 0 aromatic heterocycles. The molecule has 0 amide bonds. The summed E-state index contributed by atoms with van der Waals surface area (Å²) in [5.74, 6) is 1.07. The number of ether oxygens (including phenoxy) is 1. The van der Waals surface area contributed by atoms with Crippen LogP contribution in [0.15, 0.2) is 24.3 Å². The summed E-state index contributed by atoms with van der Waals surface area (Å²) in [6.45, 7) is 5.07. The molecular formula is C17H28NNaO4. The van der Waals surface area contributed by atoms with Gasteiger partial charge in [-0.05, 0) is 31.4 Å². The Balaban J connectivity index is 0. The van der Waals surface area contributed by atoms with Crippen molar-refractivity contribution in [2.45, 2.75) is 65.2 Å². The van der Waals surface area contributed by atoms with E-state index >= 15 is 0 Å². The summed E-state index contributed by atoms with van der Waals surface area (Å²) in [7, 11) is 0. The zero-order valence-electron chi connectivity index (χ0n) is 14.8. The molecule has 126 valence electrons. The Kier molecular flexibility index (Phi) is 18.7. The van der Waals surface area contributed by atoms with Crippen LogP contribution in [-0.4, -0.2) is 11.7 Å². The SMILES string of the molecule is CCCCCCCCCc1ccccc1OCC.O=[N+]([O-])[O-].[Na+]. The van der Waals surface area contributed by atoms with E-state index in [0.29, 0.717) is 0 Å². The van der Waals surface area contributed by atoms with Crippen molar-refractivity contribution < 1.29 is 39.4 Å². The summed E-state index contributed by atoms with van der Waals surface area (Å²) in [5.41, 5.74) is 1.37. The monoisotopic (exact) mass is 333 g/mol. The molecule has 0 radical (unpaired) electrons. The Morgan fingerprint density at radius 3 is 2.04 bits per heavy atom. The summed E-state index contributed by atoms with van der Waals surface area (Å²) >= 11 is 0. The molecule has 0 aliphatic carbocycles. The van der Waals surface area contributed by atoms with E-state index in [0.717, 1.165) is 18.8 Å². The third-order valence-electron chi connectivity index (χ3n) is 3.32. The second-order valence-corrected chi connectivity index (χ2v) is 5.14. The zero-order valence-corrected chi connectivity index (χ0v) is 16.8. The van der Waals surface area contributed by atoms with Crippen LogP contribution in [0.1, 0.15) is 64.4 Å². The molecule has 0 saturated heterocycles. The van der Waals surface area contributed by atoms with Gasteiger partial charge in [-0.1, -0.05) is 63.6 Å². The molecule has 1 aromatic carbocycles. The van der Waals surface area contributed by atoms with E-state index in [1.165, 1.54) is 50.5 Å². The van der Waals surface area contributed by atoms with Crippen LogP contribution in [0.25, 0.3) is 0 Å². The molecule has 0 atom stereocenters. The largest absolute Gasteiger partial charge is 1.00 e. The van der Waals surface area contributed by atoms with Gasteiger partial charge in [0, 0.05) is 0 Å². The number of benzene rings is 1. The van der Waals surface area contributed by atoms with Crippen LogP contribution in [0.4, 0.5) is 0 Å². The van der Waals surface area contributed by atoms with Gasteiger partial charge < -0.3 is 20.1 Å². The van der Waals surface area contributed by atoms with E-state index in [4.69, 9.17) is 20.1 Å². The summed E-state index contributed by atoms with van der Waals surface area (Å²) < 4.78 is 5.65. The van der Waals surface area contributed by atoms with Gasteiger partial charge in [-0.2, -0.15) is 0 Å². The minimum atomic E-state index is -1.75. The minimum Gasteiger partial charge on any atom is -0.494 e. The number of para-hydroxylation sites is 1. The van der Waals surface area contributed by atoms with Crippen LogP contribution in [0.5, 0.6) is 5.75 Å². The quantitative estimate of drug-likeness (QED) is 0.284. The average Bonchev–Trinajstić information content (AvgIpc) is 2.48. The molecule has 0 unspecified atom stereocenters. The molecule has 0 saturated carbocycles. The third-order valence-corrected chi connectivity index (χ3v) is 3.32. The van der Waals surface area contributed by atoms with Gasteiger partial charge in [0.1, 0.15) is 5.75 Å². The number of hydrogen-bond acceptors (Lipinski definition) is 4. The minimum absolute atomic E-state index is 0. The molecule has 5 nitrogen and oxygen atoms in total. The Labute approximate surface area is 161 Å². The van der Waals surface area contributed by atoms with E-state index in [1.54, 1.807) is 0 Å². The van der Waals surface area contributed by atoms with E-state index in [9.17, 15) is 0 Å². The van der Waals surface area contributed by atoms with Gasteiger partial charge >= 0.3 is 29.6 Å². The van der Waals surface area contributed by atoms with E-state index in [-0.39, 0.29) is 29.6 Å². The molecule has 1 aromatic rings. The number of aryl methyl sites for hydroxylation is 1. The first kappa shape index (κ1) is 24.5. The Morgan fingerprint density at radius 1 is 0.957 bits per heavy atom. The molecule has 0 spiro atoms.